The van der Waals surface area contributed by atoms with Crippen molar-refractivity contribution < 1.29 is 0 Å². The Kier molecular flexibility index (Phi) is 5.90. The van der Waals surface area contributed by atoms with Crippen LogP contribution in [0, 0.1) is 13.8 Å². The lowest BCUT2D eigenvalue weighted by Crippen LogP contribution is -2.25. The van der Waals surface area contributed by atoms with E-state index in [2.05, 4.69) is 10.6 Å². The maximum atomic E-state index is 13.4. The standard InChI is InChI=1S/C27H27ClN4O/c1-18-16-21(19(2)31(18)25-15-9-7-13-23(25)28)17-29-32-26(20-10-4-3-5-11-20)30-24-14-8-6-12-22(24)27(32)33/h6-9,12-17,20H,3-5,10-11H2,1-2H3. The molecule has 6 heteroatoms. The summed E-state index contributed by atoms with van der Waals surface area (Å²) in [5.74, 6) is 1.03. The van der Waals surface area contributed by atoms with Gasteiger partial charge >= 0.3 is 0 Å². The molecule has 4 aromatic rings. The summed E-state index contributed by atoms with van der Waals surface area (Å²) in [5.41, 5.74) is 4.58. The van der Waals surface area contributed by atoms with Crippen molar-refractivity contribution in [3.8, 4) is 5.69 Å². The van der Waals surface area contributed by atoms with Crippen molar-refractivity contribution >= 4 is 28.7 Å². The highest BCUT2D eigenvalue weighted by atomic mass is 35.5. The molecule has 0 saturated heterocycles. The van der Waals surface area contributed by atoms with Crippen molar-refractivity contribution in [2.24, 2.45) is 5.10 Å². The fraction of sp³-hybridized carbons (Fsp3) is 0.296. The van der Waals surface area contributed by atoms with Crippen LogP contribution in [0.4, 0.5) is 0 Å². The molecule has 0 aliphatic heterocycles. The average Bonchev–Trinajstić information content (AvgIpc) is 3.12. The van der Waals surface area contributed by atoms with E-state index in [1.165, 1.54) is 11.1 Å². The third-order valence-electron chi connectivity index (χ3n) is 6.63. The van der Waals surface area contributed by atoms with Gasteiger partial charge in [-0.15, -0.1) is 0 Å². The van der Waals surface area contributed by atoms with E-state index in [4.69, 9.17) is 21.7 Å². The molecule has 1 saturated carbocycles. The highest BCUT2D eigenvalue weighted by molar-refractivity contribution is 6.32. The molecule has 5 rings (SSSR count). The lowest BCUT2D eigenvalue weighted by atomic mass is 9.88. The van der Waals surface area contributed by atoms with E-state index >= 15 is 0 Å². The molecule has 1 fully saturated rings. The normalized spacial score (nSPS) is 15.0. The summed E-state index contributed by atoms with van der Waals surface area (Å²) < 4.78 is 3.65. The second-order valence-electron chi connectivity index (χ2n) is 8.80. The van der Waals surface area contributed by atoms with Gasteiger partial charge in [-0.1, -0.05) is 55.1 Å². The Bertz CT molecular complexity index is 1410. The van der Waals surface area contributed by atoms with Gasteiger partial charge in [-0.25, -0.2) is 4.98 Å². The maximum Gasteiger partial charge on any atom is 0.282 e. The second kappa shape index (κ2) is 8.99. The molecular formula is C27H27ClN4O. The van der Waals surface area contributed by atoms with Crippen LogP contribution in [0.15, 0.2) is 64.5 Å². The van der Waals surface area contributed by atoms with E-state index in [1.807, 2.05) is 62.4 Å². The summed E-state index contributed by atoms with van der Waals surface area (Å²) in [4.78, 5) is 18.3. The Hall–Kier alpha value is -3.18. The van der Waals surface area contributed by atoms with Crippen molar-refractivity contribution in [1.82, 2.24) is 14.2 Å². The summed E-state index contributed by atoms with van der Waals surface area (Å²) in [7, 11) is 0. The van der Waals surface area contributed by atoms with Gasteiger partial charge in [-0.2, -0.15) is 9.78 Å². The zero-order valence-corrected chi connectivity index (χ0v) is 19.7. The number of hydrogen-bond donors (Lipinski definition) is 0. The van der Waals surface area contributed by atoms with Gasteiger partial charge in [0.05, 0.1) is 27.8 Å². The molecule has 0 unspecified atom stereocenters. The molecule has 2 heterocycles. The third kappa shape index (κ3) is 4.02. The Balaban J connectivity index is 1.62. The lowest BCUT2D eigenvalue weighted by Gasteiger charge is -2.22. The van der Waals surface area contributed by atoms with Crippen molar-refractivity contribution in [2.75, 3.05) is 0 Å². The Morgan fingerprint density at radius 1 is 1.03 bits per heavy atom. The number of benzene rings is 2. The predicted molar refractivity (Wildman–Crippen MR) is 135 cm³/mol. The number of aryl methyl sites for hydroxylation is 1. The Morgan fingerprint density at radius 2 is 1.76 bits per heavy atom. The van der Waals surface area contributed by atoms with E-state index in [9.17, 15) is 4.79 Å². The summed E-state index contributed by atoms with van der Waals surface area (Å²) in [6.07, 6.45) is 7.43. The van der Waals surface area contributed by atoms with E-state index in [0.717, 1.165) is 59.7 Å². The average molecular weight is 459 g/mol. The van der Waals surface area contributed by atoms with Crippen LogP contribution >= 0.6 is 11.6 Å². The van der Waals surface area contributed by atoms with Crippen LogP contribution in [0.5, 0.6) is 0 Å². The number of rotatable bonds is 4. The largest absolute Gasteiger partial charge is 0.316 e. The highest BCUT2D eigenvalue weighted by Gasteiger charge is 2.22. The number of para-hydroxylation sites is 2. The third-order valence-corrected chi connectivity index (χ3v) is 6.94. The van der Waals surface area contributed by atoms with Crippen molar-refractivity contribution in [3.63, 3.8) is 0 Å². The van der Waals surface area contributed by atoms with E-state index in [-0.39, 0.29) is 11.5 Å². The fourth-order valence-corrected chi connectivity index (χ4v) is 5.14. The molecule has 0 bridgehead atoms. The van der Waals surface area contributed by atoms with Gasteiger partial charge < -0.3 is 4.57 Å². The minimum atomic E-state index is -0.114. The van der Waals surface area contributed by atoms with Crippen molar-refractivity contribution in [2.45, 2.75) is 51.9 Å². The number of nitrogens with zero attached hydrogens (tertiary/aromatic N) is 4. The zero-order chi connectivity index (χ0) is 22.9. The summed E-state index contributed by atoms with van der Waals surface area (Å²) in [6, 6.07) is 17.4. The first-order chi connectivity index (χ1) is 16.0. The van der Waals surface area contributed by atoms with Crippen LogP contribution in [-0.2, 0) is 0 Å². The Morgan fingerprint density at radius 3 is 2.55 bits per heavy atom. The molecule has 33 heavy (non-hydrogen) atoms. The summed E-state index contributed by atoms with van der Waals surface area (Å²) in [5, 5.41) is 5.99. The van der Waals surface area contributed by atoms with Crippen molar-refractivity contribution in [1.29, 1.82) is 0 Å². The molecule has 1 aliphatic rings. The minimum Gasteiger partial charge on any atom is -0.316 e. The van der Waals surface area contributed by atoms with Gasteiger partial charge in [0.15, 0.2) is 0 Å². The maximum absolute atomic E-state index is 13.4. The van der Waals surface area contributed by atoms with Gasteiger partial charge in [0.25, 0.3) is 5.56 Å². The molecule has 2 aromatic heterocycles. The Labute approximate surface area is 198 Å². The first-order valence-electron chi connectivity index (χ1n) is 11.5. The number of fused-ring (bicyclic) bond motifs is 1. The predicted octanol–water partition coefficient (Wildman–Crippen LogP) is 6.39. The van der Waals surface area contributed by atoms with Crippen LogP contribution in [-0.4, -0.2) is 20.4 Å². The fourth-order valence-electron chi connectivity index (χ4n) is 4.92. The van der Waals surface area contributed by atoms with Gasteiger partial charge in [0, 0.05) is 22.9 Å². The quantitative estimate of drug-likeness (QED) is 0.333. The van der Waals surface area contributed by atoms with Gasteiger partial charge in [-0.05, 0) is 57.0 Å². The minimum absolute atomic E-state index is 0.114. The summed E-state index contributed by atoms with van der Waals surface area (Å²) >= 11 is 6.46. The second-order valence-corrected chi connectivity index (χ2v) is 9.20. The molecular weight excluding hydrogens is 432 g/mol. The lowest BCUT2D eigenvalue weighted by molar-refractivity contribution is 0.416. The van der Waals surface area contributed by atoms with Crippen LogP contribution in [0.25, 0.3) is 16.6 Å². The molecule has 0 radical (unpaired) electrons. The van der Waals surface area contributed by atoms with Gasteiger partial charge in [0.2, 0.25) is 0 Å². The molecule has 0 spiro atoms. The molecule has 5 nitrogen and oxygen atoms in total. The molecule has 0 atom stereocenters. The van der Waals surface area contributed by atoms with E-state index in [0.29, 0.717) is 10.4 Å². The van der Waals surface area contributed by atoms with E-state index < -0.39 is 0 Å². The van der Waals surface area contributed by atoms with Crippen LogP contribution in [0.3, 0.4) is 0 Å². The van der Waals surface area contributed by atoms with E-state index in [1.54, 1.807) is 6.21 Å². The molecule has 0 N–H and O–H groups in total. The highest BCUT2D eigenvalue weighted by Crippen LogP contribution is 2.32. The molecule has 2 aromatic carbocycles. The molecule has 1 aliphatic carbocycles. The van der Waals surface area contributed by atoms with Gasteiger partial charge in [0.1, 0.15) is 5.82 Å². The van der Waals surface area contributed by atoms with Crippen molar-refractivity contribution in [3.05, 3.63) is 92.7 Å². The first-order valence-corrected chi connectivity index (χ1v) is 11.9. The van der Waals surface area contributed by atoms with Crippen LogP contribution < -0.4 is 5.56 Å². The van der Waals surface area contributed by atoms with Crippen LogP contribution in [0.1, 0.15) is 60.8 Å². The first kappa shape index (κ1) is 21.7. The van der Waals surface area contributed by atoms with Gasteiger partial charge in [-0.3, -0.25) is 4.79 Å². The number of hydrogen-bond acceptors (Lipinski definition) is 3. The monoisotopic (exact) mass is 458 g/mol. The number of aromatic nitrogens is 3. The zero-order valence-electron chi connectivity index (χ0n) is 19.0. The SMILES string of the molecule is Cc1cc(C=Nn2c(C3CCCCC3)nc3ccccc3c2=O)c(C)n1-c1ccccc1Cl. The molecule has 168 valence electrons. The number of halogens is 1. The smallest absolute Gasteiger partial charge is 0.282 e. The topological polar surface area (TPSA) is 52.2 Å². The summed E-state index contributed by atoms with van der Waals surface area (Å²) in [6.45, 7) is 4.09. The van der Waals surface area contributed by atoms with Crippen LogP contribution in [0.2, 0.25) is 5.02 Å². The molecule has 0 amide bonds.